The zero-order valence-electron chi connectivity index (χ0n) is 39.2. The van der Waals surface area contributed by atoms with Crippen LogP contribution >= 0.6 is 0 Å². The van der Waals surface area contributed by atoms with Crippen molar-refractivity contribution in [3.05, 3.63) is 246 Å². The summed E-state index contributed by atoms with van der Waals surface area (Å²) in [7, 11) is 0. The first-order chi connectivity index (χ1) is 34.5. The van der Waals surface area contributed by atoms with Crippen LogP contribution in [-0.2, 0) is 6.42 Å². The van der Waals surface area contributed by atoms with E-state index in [1.807, 2.05) is 24.3 Å². The Balaban J connectivity index is 1.22. The van der Waals surface area contributed by atoms with Crippen LogP contribution in [0.15, 0.2) is 232 Å². The van der Waals surface area contributed by atoms with Gasteiger partial charge in [-0.25, -0.2) is 4.99 Å². The largest absolute Gasteiger partial charge is 0.456 e. The SMILES string of the molecule is CCCc1ccc(-c2cc(-c3ccc4oc5ccccc5c4c3)cc(-c3ccc4oc5ccccc5c4c3)c2C(/C=C(\N=CN)c2cccc3ccccc23)c2ccccc2)cc1-c1ccccc1C. The highest BCUT2D eigenvalue weighted by Gasteiger charge is 2.26. The Kier molecular flexibility index (Phi) is 11.0. The number of benzene rings is 10. The summed E-state index contributed by atoms with van der Waals surface area (Å²) in [5, 5.41) is 6.58. The molecule has 0 aliphatic rings. The van der Waals surface area contributed by atoms with Crippen LogP contribution in [0, 0.1) is 6.92 Å². The summed E-state index contributed by atoms with van der Waals surface area (Å²) >= 11 is 0. The van der Waals surface area contributed by atoms with E-state index in [2.05, 4.69) is 208 Å². The normalized spacial score (nSPS) is 12.6. The quantitative estimate of drug-likeness (QED) is 0.104. The zero-order chi connectivity index (χ0) is 47.1. The smallest absolute Gasteiger partial charge is 0.135 e. The molecule has 0 fully saturated rings. The van der Waals surface area contributed by atoms with Crippen molar-refractivity contribution in [2.75, 3.05) is 0 Å². The van der Waals surface area contributed by atoms with Crippen molar-refractivity contribution in [1.82, 2.24) is 0 Å². The maximum atomic E-state index is 6.46. The van der Waals surface area contributed by atoms with Crippen molar-refractivity contribution < 1.29 is 8.83 Å². The van der Waals surface area contributed by atoms with Gasteiger partial charge >= 0.3 is 0 Å². The van der Waals surface area contributed by atoms with Gasteiger partial charge in [0.25, 0.3) is 0 Å². The second-order valence-corrected chi connectivity index (χ2v) is 18.3. The molecule has 10 aromatic carbocycles. The molecule has 0 amide bonds. The maximum absolute atomic E-state index is 6.46. The molecule has 2 heterocycles. The number of aliphatic imine (C=N–C) groups is 1. The van der Waals surface area contributed by atoms with Crippen LogP contribution in [0.5, 0.6) is 0 Å². The Morgan fingerprint density at radius 3 is 1.74 bits per heavy atom. The molecule has 4 heteroatoms. The first-order valence-electron chi connectivity index (χ1n) is 24.2. The van der Waals surface area contributed by atoms with Gasteiger partial charge < -0.3 is 14.6 Å². The molecule has 0 aliphatic heterocycles. The molecule has 2 N–H and O–H groups in total. The Morgan fingerprint density at radius 1 is 0.486 bits per heavy atom. The molecule has 12 aromatic rings. The molecule has 1 atom stereocenters. The molecule has 2 aromatic heterocycles. The van der Waals surface area contributed by atoms with E-state index in [4.69, 9.17) is 19.6 Å². The predicted molar refractivity (Wildman–Crippen MR) is 294 cm³/mol. The Bertz CT molecular complexity index is 4000. The standard InChI is InChI=1S/C66H50N2O2/c1-3-16-43-29-30-47(36-55(43)50-22-9-7-17-42(50)2)56-38-49(46-31-33-64-59(35-46)53-24-11-13-27-62(53)69-64)39-57(48-32-34-65-60(37-48)54-25-12-14-28-63(54)70-65)66(56)58(45-18-5-4-6-19-45)40-61(68-41-67)52-26-15-21-44-20-8-10-23-51(44)52/h4-15,17-41,58H,3,16H2,1-2H3,(H2,67,68)/b61-40-. The van der Waals surface area contributed by atoms with E-state index in [-0.39, 0.29) is 5.92 Å². The first-order valence-corrected chi connectivity index (χ1v) is 24.2. The summed E-state index contributed by atoms with van der Waals surface area (Å²) < 4.78 is 12.8. The van der Waals surface area contributed by atoms with Gasteiger partial charge in [0.1, 0.15) is 22.3 Å². The second kappa shape index (κ2) is 18.1. The monoisotopic (exact) mass is 902 g/mol. The molecule has 70 heavy (non-hydrogen) atoms. The van der Waals surface area contributed by atoms with Crippen LogP contribution < -0.4 is 5.73 Å². The summed E-state index contributed by atoms with van der Waals surface area (Å²) in [4.78, 5) is 5.01. The summed E-state index contributed by atoms with van der Waals surface area (Å²) in [6, 6.07) is 76.4. The third-order valence-corrected chi connectivity index (χ3v) is 14.0. The summed E-state index contributed by atoms with van der Waals surface area (Å²) in [5.74, 6) is -0.299. The van der Waals surface area contributed by atoms with Gasteiger partial charge in [-0.3, -0.25) is 0 Å². The van der Waals surface area contributed by atoms with E-state index in [1.165, 1.54) is 28.6 Å². The van der Waals surface area contributed by atoms with Gasteiger partial charge in [-0.05, 0) is 152 Å². The number of fused-ring (bicyclic) bond motifs is 7. The highest BCUT2D eigenvalue weighted by molar-refractivity contribution is 6.08. The molecule has 0 aliphatic carbocycles. The summed E-state index contributed by atoms with van der Waals surface area (Å²) in [5.41, 5.74) is 25.6. The van der Waals surface area contributed by atoms with Gasteiger partial charge in [0, 0.05) is 33.0 Å². The van der Waals surface area contributed by atoms with E-state index in [1.54, 1.807) is 0 Å². The molecule has 0 saturated carbocycles. The Hall–Kier alpha value is -8.73. The van der Waals surface area contributed by atoms with Crippen LogP contribution in [0.1, 0.15) is 47.1 Å². The maximum Gasteiger partial charge on any atom is 0.135 e. The van der Waals surface area contributed by atoms with Crippen LogP contribution in [0.25, 0.3) is 105 Å². The van der Waals surface area contributed by atoms with Crippen LogP contribution in [0.4, 0.5) is 0 Å². The fourth-order valence-electron chi connectivity index (χ4n) is 10.7. The molecule has 0 saturated heterocycles. The van der Waals surface area contributed by atoms with Crippen molar-refractivity contribution in [3.63, 3.8) is 0 Å². The highest BCUT2D eigenvalue weighted by Crippen LogP contribution is 2.48. The average Bonchev–Trinajstić information content (AvgIpc) is 3.98. The minimum atomic E-state index is -0.299. The fraction of sp³-hybridized carbons (Fsp3) is 0.0758. The highest BCUT2D eigenvalue weighted by atomic mass is 16.3. The second-order valence-electron chi connectivity index (χ2n) is 18.3. The number of allylic oxidation sites excluding steroid dienone is 1. The number of hydrogen-bond donors (Lipinski definition) is 1. The van der Waals surface area contributed by atoms with Crippen molar-refractivity contribution in [2.24, 2.45) is 10.7 Å². The molecule has 4 nitrogen and oxygen atoms in total. The number of nitrogens with two attached hydrogens (primary N) is 1. The lowest BCUT2D eigenvalue weighted by molar-refractivity contribution is 0.668. The van der Waals surface area contributed by atoms with Gasteiger partial charge in [0.15, 0.2) is 0 Å². The van der Waals surface area contributed by atoms with E-state index >= 15 is 0 Å². The lowest BCUT2D eigenvalue weighted by Crippen LogP contribution is -2.06. The number of para-hydroxylation sites is 2. The van der Waals surface area contributed by atoms with E-state index < -0.39 is 0 Å². The first kappa shape index (κ1) is 42.6. The predicted octanol–water partition coefficient (Wildman–Crippen LogP) is 17.7. The topological polar surface area (TPSA) is 64.7 Å². The number of aryl methyl sites for hydroxylation is 2. The summed E-state index contributed by atoms with van der Waals surface area (Å²) in [6.07, 6.45) is 5.76. The van der Waals surface area contributed by atoms with Crippen molar-refractivity contribution in [3.8, 4) is 44.5 Å². The van der Waals surface area contributed by atoms with Crippen molar-refractivity contribution >= 4 is 66.7 Å². The van der Waals surface area contributed by atoms with Gasteiger partial charge in [0.2, 0.25) is 0 Å². The number of nitrogens with zero attached hydrogens (tertiary/aromatic N) is 1. The Labute approximate surface area is 407 Å². The van der Waals surface area contributed by atoms with E-state index in [0.29, 0.717) is 0 Å². The Morgan fingerprint density at radius 2 is 1.04 bits per heavy atom. The van der Waals surface area contributed by atoms with Gasteiger partial charge in [0.05, 0.1) is 12.0 Å². The lowest BCUT2D eigenvalue weighted by Gasteiger charge is -2.26. The molecule has 12 rings (SSSR count). The van der Waals surface area contributed by atoms with Crippen molar-refractivity contribution in [1.29, 1.82) is 0 Å². The molecule has 1 unspecified atom stereocenters. The molecule has 0 radical (unpaired) electrons. The zero-order valence-corrected chi connectivity index (χ0v) is 39.2. The van der Waals surface area contributed by atoms with Crippen LogP contribution in [0.3, 0.4) is 0 Å². The number of furan rings is 2. The lowest BCUT2D eigenvalue weighted by atomic mass is 9.78. The third-order valence-electron chi connectivity index (χ3n) is 14.0. The molecule has 0 spiro atoms. The fourth-order valence-corrected chi connectivity index (χ4v) is 10.7. The molecule has 0 bridgehead atoms. The van der Waals surface area contributed by atoms with Crippen LogP contribution in [0.2, 0.25) is 0 Å². The summed E-state index contributed by atoms with van der Waals surface area (Å²) in [6.45, 7) is 4.48. The van der Waals surface area contributed by atoms with Gasteiger partial charge in [-0.15, -0.1) is 0 Å². The molecular weight excluding hydrogens is 853 g/mol. The minimum Gasteiger partial charge on any atom is -0.456 e. The van der Waals surface area contributed by atoms with E-state index in [0.717, 1.165) is 123 Å². The number of hydrogen-bond acceptors (Lipinski definition) is 3. The number of rotatable bonds is 11. The van der Waals surface area contributed by atoms with Crippen LogP contribution in [-0.4, -0.2) is 6.34 Å². The van der Waals surface area contributed by atoms with Gasteiger partial charge in [-0.1, -0.05) is 171 Å². The van der Waals surface area contributed by atoms with E-state index in [9.17, 15) is 0 Å². The third kappa shape index (κ3) is 7.64. The van der Waals surface area contributed by atoms with Crippen molar-refractivity contribution in [2.45, 2.75) is 32.6 Å². The average molecular weight is 903 g/mol. The molecular formula is C66H50N2O2. The minimum absolute atomic E-state index is 0.299. The molecule has 336 valence electrons. The van der Waals surface area contributed by atoms with Gasteiger partial charge in [-0.2, -0.15) is 0 Å².